The molecule has 2 aliphatic rings. The minimum atomic E-state index is -0.868. The number of carbonyl (C=O) groups is 2. The van der Waals surface area contributed by atoms with Gasteiger partial charge < -0.3 is 10.0 Å². The highest BCUT2D eigenvalue weighted by Gasteiger charge is 2.38. The molecular formula is C18H24N2O3. The van der Waals surface area contributed by atoms with Gasteiger partial charge in [-0.2, -0.15) is 0 Å². The second-order valence-electron chi connectivity index (χ2n) is 6.59. The van der Waals surface area contributed by atoms with Crippen molar-refractivity contribution < 1.29 is 14.7 Å². The van der Waals surface area contributed by atoms with E-state index in [-0.39, 0.29) is 11.8 Å². The highest BCUT2D eigenvalue weighted by molar-refractivity contribution is 5.85. The van der Waals surface area contributed by atoms with E-state index < -0.39 is 12.0 Å². The Balaban J connectivity index is 1.61. The van der Waals surface area contributed by atoms with E-state index in [0.717, 1.165) is 38.9 Å². The van der Waals surface area contributed by atoms with Crippen molar-refractivity contribution in [1.29, 1.82) is 0 Å². The standard InChI is InChI=1S/C18H24N2O3/c21-17(20-11-5-9-16(20)18(22)23)15-8-4-10-19(13-15)12-14-6-2-1-3-7-14/h1-3,6-7,15-16H,4-5,8-13H2,(H,22,23)/t15-,16-/m1/s1. The molecule has 2 saturated heterocycles. The number of hydrogen-bond donors (Lipinski definition) is 1. The quantitative estimate of drug-likeness (QED) is 0.922. The molecule has 0 radical (unpaired) electrons. The Morgan fingerprint density at radius 2 is 1.83 bits per heavy atom. The van der Waals surface area contributed by atoms with Crippen LogP contribution in [0.1, 0.15) is 31.2 Å². The van der Waals surface area contributed by atoms with Gasteiger partial charge in [-0.15, -0.1) is 0 Å². The van der Waals surface area contributed by atoms with Crippen LogP contribution in [0.25, 0.3) is 0 Å². The molecule has 2 atom stereocenters. The minimum absolute atomic E-state index is 0.0349. The number of aliphatic carboxylic acids is 1. The molecule has 23 heavy (non-hydrogen) atoms. The topological polar surface area (TPSA) is 60.9 Å². The second-order valence-corrected chi connectivity index (χ2v) is 6.59. The molecule has 0 saturated carbocycles. The molecule has 124 valence electrons. The van der Waals surface area contributed by atoms with Crippen LogP contribution in [0.5, 0.6) is 0 Å². The number of nitrogens with zero attached hydrogens (tertiary/aromatic N) is 2. The second kappa shape index (κ2) is 7.13. The van der Waals surface area contributed by atoms with Gasteiger partial charge in [-0.05, 0) is 37.8 Å². The van der Waals surface area contributed by atoms with Crippen molar-refractivity contribution in [2.24, 2.45) is 5.92 Å². The fourth-order valence-corrected chi connectivity index (χ4v) is 3.76. The maximum atomic E-state index is 12.7. The third-order valence-corrected chi connectivity index (χ3v) is 4.92. The summed E-state index contributed by atoms with van der Waals surface area (Å²) >= 11 is 0. The highest BCUT2D eigenvalue weighted by Crippen LogP contribution is 2.25. The molecule has 0 spiro atoms. The van der Waals surface area contributed by atoms with Crippen LogP contribution in [-0.4, -0.2) is 52.5 Å². The maximum absolute atomic E-state index is 12.7. The summed E-state index contributed by atoms with van der Waals surface area (Å²) in [4.78, 5) is 28.0. The number of piperidine rings is 1. The molecule has 2 aliphatic heterocycles. The van der Waals surface area contributed by atoms with Crippen molar-refractivity contribution in [3.63, 3.8) is 0 Å². The summed E-state index contributed by atoms with van der Waals surface area (Å²) in [5.74, 6) is -0.895. The molecule has 0 aromatic heterocycles. The normalized spacial score (nSPS) is 25.5. The SMILES string of the molecule is O=C(O)[C@H]1CCCN1C(=O)[C@@H]1CCCN(Cc2ccccc2)C1. The highest BCUT2D eigenvalue weighted by atomic mass is 16.4. The Labute approximate surface area is 136 Å². The number of carboxylic acid groups (broad SMARTS) is 1. The van der Waals surface area contributed by atoms with Crippen molar-refractivity contribution in [1.82, 2.24) is 9.80 Å². The van der Waals surface area contributed by atoms with Gasteiger partial charge in [-0.1, -0.05) is 30.3 Å². The van der Waals surface area contributed by atoms with Gasteiger partial charge >= 0.3 is 5.97 Å². The number of benzene rings is 1. The van der Waals surface area contributed by atoms with E-state index in [1.165, 1.54) is 5.56 Å². The first-order chi connectivity index (χ1) is 11.1. The summed E-state index contributed by atoms with van der Waals surface area (Å²) < 4.78 is 0. The van der Waals surface area contributed by atoms with Crippen molar-refractivity contribution >= 4 is 11.9 Å². The van der Waals surface area contributed by atoms with Crippen LogP contribution >= 0.6 is 0 Å². The fraction of sp³-hybridized carbons (Fsp3) is 0.556. The summed E-state index contributed by atoms with van der Waals surface area (Å²) in [5, 5.41) is 9.27. The van der Waals surface area contributed by atoms with Crippen molar-refractivity contribution in [3.05, 3.63) is 35.9 Å². The van der Waals surface area contributed by atoms with E-state index in [4.69, 9.17) is 0 Å². The van der Waals surface area contributed by atoms with Gasteiger partial charge in [-0.25, -0.2) is 4.79 Å². The first kappa shape index (κ1) is 16.0. The third kappa shape index (κ3) is 3.72. The number of hydrogen-bond acceptors (Lipinski definition) is 3. The summed E-state index contributed by atoms with van der Waals surface area (Å²) in [6.45, 7) is 3.18. The molecule has 0 aliphatic carbocycles. The Morgan fingerprint density at radius 3 is 2.57 bits per heavy atom. The zero-order valence-electron chi connectivity index (χ0n) is 13.4. The van der Waals surface area contributed by atoms with Gasteiger partial charge in [0, 0.05) is 19.6 Å². The molecule has 1 N–H and O–H groups in total. The van der Waals surface area contributed by atoms with E-state index >= 15 is 0 Å². The first-order valence-electron chi connectivity index (χ1n) is 8.44. The molecule has 0 bridgehead atoms. The Kier molecular flexibility index (Phi) is 4.96. The Morgan fingerprint density at radius 1 is 1.09 bits per heavy atom. The largest absolute Gasteiger partial charge is 0.480 e. The van der Waals surface area contributed by atoms with Crippen LogP contribution < -0.4 is 0 Å². The van der Waals surface area contributed by atoms with Gasteiger partial charge in [0.1, 0.15) is 6.04 Å². The minimum Gasteiger partial charge on any atom is -0.480 e. The fourth-order valence-electron chi connectivity index (χ4n) is 3.76. The lowest BCUT2D eigenvalue weighted by atomic mass is 9.95. The van der Waals surface area contributed by atoms with Crippen molar-refractivity contribution in [2.75, 3.05) is 19.6 Å². The number of likely N-dealkylation sites (tertiary alicyclic amines) is 2. The molecule has 0 unspecified atom stereocenters. The van der Waals surface area contributed by atoms with Gasteiger partial charge in [0.25, 0.3) is 0 Å². The molecule has 1 aromatic carbocycles. The average Bonchev–Trinajstić information content (AvgIpc) is 3.05. The van der Waals surface area contributed by atoms with Crippen LogP contribution in [0.15, 0.2) is 30.3 Å². The van der Waals surface area contributed by atoms with Gasteiger partial charge in [0.15, 0.2) is 0 Å². The number of carbonyl (C=O) groups excluding carboxylic acids is 1. The average molecular weight is 316 g/mol. The van der Waals surface area contributed by atoms with E-state index in [9.17, 15) is 14.7 Å². The smallest absolute Gasteiger partial charge is 0.326 e. The molecule has 5 heteroatoms. The summed E-state index contributed by atoms with van der Waals surface area (Å²) in [6.07, 6.45) is 3.24. The van der Waals surface area contributed by atoms with E-state index in [2.05, 4.69) is 17.0 Å². The number of amides is 1. The third-order valence-electron chi connectivity index (χ3n) is 4.92. The van der Waals surface area contributed by atoms with Gasteiger partial charge in [-0.3, -0.25) is 9.69 Å². The maximum Gasteiger partial charge on any atom is 0.326 e. The van der Waals surface area contributed by atoms with Crippen LogP contribution in [0.4, 0.5) is 0 Å². The molecule has 2 heterocycles. The first-order valence-corrected chi connectivity index (χ1v) is 8.44. The van der Waals surface area contributed by atoms with Gasteiger partial charge in [0.05, 0.1) is 5.92 Å². The van der Waals surface area contributed by atoms with Crippen molar-refractivity contribution in [3.8, 4) is 0 Å². The zero-order valence-corrected chi connectivity index (χ0v) is 13.4. The number of rotatable bonds is 4. The number of carboxylic acids is 1. The summed E-state index contributed by atoms with van der Waals surface area (Å²) in [7, 11) is 0. The lowest BCUT2D eigenvalue weighted by Crippen LogP contribution is -2.48. The molecule has 3 rings (SSSR count). The molecule has 1 amide bonds. The van der Waals surface area contributed by atoms with Gasteiger partial charge in [0.2, 0.25) is 5.91 Å². The zero-order chi connectivity index (χ0) is 16.2. The Bertz CT molecular complexity index is 561. The molecular weight excluding hydrogens is 292 g/mol. The summed E-state index contributed by atoms with van der Waals surface area (Å²) in [6, 6.07) is 9.66. The van der Waals surface area contributed by atoms with Crippen molar-refractivity contribution in [2.45, 2.75) is 38.3 Å². The van der Waals surface area contributed by atoms with E-state index in [1.807, 2.05) is 18.2 Å². The lowest BCUT2D eigenvalue weighted by Gasteiger charge is -2.35. The van der Waals surface area contributed by atoms with Crippen LogP contribution in [-0.2, 0) is 16.1 Å². The van der Waals surface area contributed by atoms with Crippen LogP contribution in [0, 0.1) is 5.92 Å². The predicted molar refractivity (Wildman–Crippen MR) is 86.8 cm³/mol. The van der Waals surface area contributed by atoms with Crippen LogP contribution in [0.3, 0.4) is 0 Å². The van der Waals surface area contributed by atoms with Crippen LogP contribution in [0.2, 0.25) is 0 Å². The predicted octanol–water partition coefficient (Wildman–Crippen LogP) is 1.97. The van der Waals surface area contributed by atoms with E-state index in [0.29, 0.717) is 13.0 Å². The molecule has 2 fully saturated rings. The summed E-state index contributed by atoms with van der Waals surface area (Å²) in [5.41, 5.74) is 1.25. The monoisotopic (exact) mass is 316 g/mol. The van der Waals surface area contributed by atoms with E-state index in [1.54, 1.807) is 4.90 Å². The molecule has 5 nitrogen and oxygen atoms in total. The lowest BCUT2D eigenvalue weighted by molar-refractivity contribution is -0.150. The molecule has 1 aromatic rings. The Hall–Kier alpha value is -1.88.